The van der Waals surface area contributed by atoms with E-state index in [0.29, 0.717) is 0 Å². The van der Waals surface area contributed by atoms with E-state index in [0.717, 1.165) is 6.08 Å². The van der Waals surface area contributed by atoms with Gasteiger partial charge in [-0.2, -0.15) is 0 Å². The molecule has 8 nitrogen and oxygen atoms in total. The van der Waals surface area contributed by atoms with Crippen LogP contribution in [0.3, 0.4) is 0 Å². The van der Waals surface area contributed by atoms with Crippen molar-refractivity contribution in [1.29, 1.82) is 0 Å². The van der Waals surface area contributed by atoms with E-state index in [2.05, 4.69) is 0 Å². The van der Waals surface area contributed by atoms with Crippen LogP contribution < -0.4 is 0 Å². The second kappa shape index (κ2) is 9.66. The number of Topliss-reactive ketones (excluding diaryl/α,β-unsaturated/α-hetero) is 2. The zero-order valence-electron chi connectivity index (χ0n) is 22.1. The Balaban J connectivity index is 1.76. The monoisotopic (exact) mass is 552 g/mol. The molecule has 208 valence electrons. The van der Waals surface area contributed by atoms with E-state index in [1.165, 1.54) is 19.1 Å². The molecule has 4 aliphatic carbocycles. The number of fused-ring (bicyclic) bond motifs is 5. The van der Waals surface area contributed by atoms with E-state index < -0.39 is 75.3 Å². The lowest BCUT2D eigenvalue weighted by Crippen LogP contribution is -2.71. The maximum Gasteiger partial charge on any atom is 0.307 e. The summed E-state index contributed by atoms with van der Waals surface area (Å²) < 4.78 is 28.2. The van der Waals surface area contributed by atoms with Crippen molar-refractivity contribution in [2.45, 2.75) is 77.2 Å². The van der Waals surface area contributed by atoms with Crippen molar-refractivity contribution in [2.24, 2.45) is 28.6 Å². The molecule has 0 unspecified atom stereocenters. The molecule has 0 radical (unpaired) electrons. The quantitative estimate of drug-likeness (QED) is 0.377. The largest absolute Gasteiger partial charge is 0.466 e. The highest BCUT2D eigenvalue weighted by Gasteiger charge is 2.77. The number of aliphatic hydroxyl groups excluding tert-OH is 1. The summed E-state index contributed by atoms with van der Waals surface area (Å²) in [5.41, 5.74) is -6.84. The molecule has 0 saturated heterocycles. The van der Waals surface area contributed by atoms with E-state index >= 15 is 4.39 Å². The first-order valence-corrected chi connectivity index (χ1v) is 13.6. The third-order valence-corrected chi connectivity index (χ3v) is 9.92. The van der Waals surface area contributed by atoms with Crippen LogP contribution in [0.5, 0.6) is 0 Å². The number of hydrogen-bond donors (Lipinski definition) is 1. The zero-order chi connectivity index (χ0) is 28.3. The molecule has 0 aromatic carbocycles. The lowest BCUT2D eigenvalue weighted by Gasteiger charge is -2.62. The Bertz CT molecular complexity index is 1150. The number of esters is 2. The Morgan fingerprint density at radius 3 is 2.45 bits per heavy atom. The molecule has 4 aliphatic rings. The molecular formula is C28H34ClFO8. The fraction of sp³-hybridized carbons (Fsp3) is 0.679. The van der Waals surface area contributed by atoms with E-state index in [-0.39, 0.29) is 50.1 Å². The van der Waals surface area contributed by atoms with Crippen LogP contribution in [0.25, 0.3) is 0 Å². The van der Waals surface area contributed by atoms with Crippen molar-refractivity contribution in [3.05, 3.63) is 23.8 Å². The fourth-order valence-electron chi connectivity index (χ4n) is 8.00. The second-order valence-corrected chi connectivity index (χ2v) is 11.7. The number of alkyl halides is 2. The van der Waals surface area contributed by atoms with Crippen LogP contribution in [-0.2, 0) is 33.4 Å². The number of carbonyl (C=O) groups is 5. The van der Waals surface area contributed by atoms with Crippen LogP contribution in [0.1, 0.15) is 59.8 Å². The minimum Gasteiger partial charge on any atom is -0.466 e. The highest BCUT2D eigenvalue weighted by atomic mass is 35.5. The summed E-state index contributed by atoms with van der Waals surface area (Å²) in [5.74, 6) is -5.48. The van der Waals surface area contributed by atoms with Gasteiger partial charge < -0.3 is 14.6 Å². The molecule has 8 atom stereocenters. The topological polar surface area (TPSA) is 124 Å². The first kappa shape index (κ1) is 28.6. The van der Waals surface area contributed by atoms with Crippen molar-refractivity contribution in [1.82, 2.24) is 0 Å². The van der Waals surface area contributed by atoms with Gasteiger partial charge in [0.05, 0.1) is 36.8 Å². The molecule has 3 saturated carbocycles. The number of allylic oxidation sites excluding steroid dienone is 4. The minimum absolute atomic E-state index is 0.0333. The van der Waals surface area contributed by atoms with E-state index in [1.54, 1.807) is 20.8 Å². The Morgan fingerprint density at radius 2 is 1.82 bits per heavy atom. The molecule has 0 spiro atoms. The van der Waals surface area contributed by atoms with Crippen molar-refractivity contribution in [3.63, 3.8) is 0 Å². The number of carbonyl (C=O) groups excluding carboxylic acids is 5. The standard InChI is InChI=1S/C28H34ClFO8/c1-5-37-23(35)6-7-24(36)38-28(22(34)14-29)15(2)10-17-18-12-20(32)19-11-16(31)8-9-25(19,3)27(18,30)21(33)13-26(17,28)4/h8-9,11,15,17-18,21,33H,5-7,10,12-14H2,1-4H3/t15-,17-,18-,21-,25-,26-,27-,28-/m0/s1. The lowest BCUT2D eigenvalue weighted by atomic mass is 9.44. The molecule has 1 N–H and O–H groups in total. The first-order chi connectivity index (χ1) is 17.7. The summed E-state index contributed by atoms with van der Waals surface area (Å²) in [6, 6.07) is 0. The van der Waals surface area contributed by atoms with Gasteiger partial charge in [0.2, 0.25) is 0 Å². The number of ether oxygens (including phenoxy) is 2. The van der Waals surface area contributed by atoms with Crippen LogP contribution in [0.15, 0.2) is 23.8 Å². The average Bonchev–Trinajstić information content (AvgIpc) is 3.07. The Morgan fingerprint density at radius 1 is 1.16 bits per heavy atom. The molecule has 3 fully saturated rings. The SMILES string of the molecule is CCOC(=O)CCC(=O)O[C@]1(C(=O)CCl)[C@@H](C)C[C@H]2[C@@H]3CC(=O)C4=CC(=O)C=C[C@]4(C)[C@@]3(F)[C@@H](O)C[C@@]21C. The van der Waals surface area contributed by atoms with Gasteiger partial charge in [0, 0.05) is 29.2 Å². The van der Waals surface area contributed by atoms with Gasteiger partial charge >= 0.3 is 11.9 Å². The molecule has 0 bridgehead atoms. The number of rotatable bonds is 7. The summed E-state index contributed by atoms with van der Waals surface area (Å²) in [7, 11) is 0. The molecule has 0 aromatic heterocycles. The van der Waals surface area contributed by atoms with Crippen LogP contribution >= 0.6 is 11.6 Å². The van der Waals surface area contributed by atoms with E-state index in [9.17, 15) is 29.1 Å². The second-order valence-electron chi connectivity index (χ2n) is 11.5. The third-order valence-electron chi connectivity index (χ3n) is 9.67. The molecule has 0 aromatic rings. The number of ketones is 3. The number of hydrogen-bond acceptors (Lipinski definition) is 8. The summed E-state index contributed by atoms with van der Waals surface area (Å²) in [6.45, 7) is 6.71. The van der Waals surface area contributed by atoms with Crippen molar-refractivity contribution in [3.8, 4) is 0 Å². The smallest absolute Gasteiger partial charge is 0.307 e. The van der Waals surface area contributed by atoms with Crippen molar-refractivity contribution < 1.29 is 42.9 Å². The molecule has 0 amide bonds. The Hall–Kier alpha value is -2.39. The van der Waals surface area contributed by atoms with E-state index in [1.807, 2.05) is 0 Å². The van der Waals surface area contributed by atoms with Crippen LogP contribution in [0, 0.1) is 28.6 Å². The molecule has 0 heterocycles. The zero-order valence-corrected chi connectivity index (χ0v) is 22.8. The number of halogens is 2. The molecule has 4 rings (SSSR count). The molecule has 38 heavy (non-hydrogen) atoms. The van der Waals surface area contributed by atoms with Crippen LogP contribution in [0.2, 0.25) is 0 Å². The van der Waals surface area contributed by atoms with Gasteiger partial charge in [-0.1, -0.05) is 19.9 Å². The Kier molecular flexibility index (Phi) is 7.28. The Labute approximate surface area is 225 Å². The predicted molar refractivity (Wildman–Crippen MR) is 134 cm³/mol. The van der Waals surface area contributed by atoms with Crippen LogP contribution in [0.4, 0.5) is 4.39 Å². The maximum absolute atomic E-state index is 17.4. The van der Waals surface area contributed by atoms with E-state index in [4.69, 9.17) is 21.1 Å². The fourth-order valence-corrected chi connectivity index (χ4v) is 8.19. The summed E-state index contributed by atoms with van der Waals surface area (Å²) in [5, 5.41) is 11.5. The van der Waals surface area contributed by atoms with Crippen LogP contribution in [-0.4, -0.2) is 64.3 Å². The van der Waals surface area contributed by atoms with Gasteiger partial charge in [-0.25, -0.2) is 4.39 Å². The summed E-state index contributed by atoms with van der Waals surface area (Å²) in [6.07, 6.45) is 1.27. The lowest BCUT2D eigenvalue weighted by molar-refractivity contribution is -0.226. The maximum atomic E-state index is 17.4. The van der Waals surface area contributed by atoms with Gasteiger partial charge in [0.1, 0.15) is 0 Å². The molecule has 10 heteroatoms. The van der Waals surface area contributed by atoms with Gasteiger partial charge in [-0.3, -0.25) is 24.0 Å². The van der Waals surface area contributed by atoms with Crippen molar-refractivity contribution in [2.75, 3.05) is 12.5 Å². The molecular weight excluding hydrogens is 519 g/mol. The van der Waals surface area contributed by atoms with Gasteiger partial charge in [-0.15, -0.1) is 11.6 Å². The van der Waals surface area contributed by atoms with Crippen molar-refractivity contribution >= 4 is 40.9 Å². The first-order valence-electron chi connectivity index (χ1n) is 13.0. The third kappa shape index (κ3) is 3.75. The van der Waals surface area contributed by atoms with Gasteiger partial charge in [0.25, 0.3) is 0 Å². The van der Waals surface area contributed by atoms with Gasteiger partial charge in [0.15, 0.2) is 28.6 Å². The highest BCUT2D eigenvalue weighted by Crippen LogP contribution is 2.71. The van der Waals surface area contributed by atoms with Gasteiger partial charge in [-0.05, 0) is 44.8 Å². The average molecular weight is 553 g/mol. The normalized spacial score (nSPS) is 41.5. The predicted octanol–water partition coefficient (Wildman–Crippen LogP) is 3.22. The number of aliphatic hydroxyl groups is 1. The summed E-state index contributed by atoms with van der Waals surface area (Å²) in [4.78, 5) is 63.6. The highest BCUT2D eigenvalue weighted by molar-refractivity contribution is 6.29. The minimum atomic E-state index is -2.30. The molecule has 0 aliphatic heterocycles. The summed E-state index contributed by atoms with van der Waals surface area (Å²) >= 11 is 6.03.